The summed E-state index contributed by atoms with van der Waals surface area (Å²) in [6.45, 7) is 9.49. The van der Waals surface area contributed by atoms with Crippen LogP contribution < -0.4 is 0 Å². The van der Waals surface area contributed by atoms with Crippen LogP contribution in [0.1, 0.15) is 284 Å². The zero-order valence-corrected chi connectivity index (χ0v) is 36.0. The molecule has 0 radical (unpaired) electrons. The van der Waals surface area contributed by atoms with Gasteiger partial charge in [-0.05, 0) is 25.7 Å². The molecule has 1 heterocycles. The molecule has 1 rings (SSSR count). The Bertz CT molecular complexity index is 673. The molecule has 0 aromatic carbocycles. The highest BCUT2D eigenvalue weighted by atomic mass is 15.4. The molecule has 51 heavy (non-hydrogen) atoms. The second kappa shape index (κ2) is 40.5. The molecule has 0 aromatic heterocycles. The highest BCUT2D eigenvalue weighted by molar-refractivity contribution is 4.97. The maximum Gasteiger partial charge on any atom is 0.101 e. The van der Waals surface area contributed by atoms with Crippen molar-refractivity contribution < 1.29 is 0 Å². The first-order valence-electron chi connectivity index (χ1n) is 24.5. The summed E-state index contributed by atoms with van der Waals surface area (Å²) in [7, 11) is 0. The zero-order chi connectivity index (χ0) is 36.6. The quantitative estimate of drug-likeness (QED) is 0.0580. The number of unbranched alkanes of at least 4 members (excludes halogenated alkanes) is 37. The van der Waals surface area contributed by atoms with Crippen molar-refractivity contribution in [1.29, 1.82) is 0 Å². The molecule has 0 fully saturated rings. The molecule has 304 valence electrons. The SMILES string of the molecule is CCCCCCCCCCCCCCCCCCCC1N(CCCCCCCCCCC)C=CN1CCCCCCCCCCCCCCCC. The third-order valence-electron chi connectivity index (χ3n) is 12.1. The van der Waals surface area contributed by atoms with Crippen molar-refractivity contribution in [3.8, 4) is 0 Å². The van der Waals surface area contributed by atoms with E-state index in [9.17, 15) is 0 Å². The van der Waals surface area contributed by atoms with Gasteiger partial charge in [0.15, 0.2) is 0 Å². The van der Waals surface area contributed by atoms with Gasteiger partial charge in [-0.15, -0.1) is 0 Å². The van der Waals surface area contributed by atoms with Gasteiger partial charge < -0.3 is 9.80 Å². The first-order chi connectivity index (χ1) is 25.3. The Kier molecular flexibility index (Phi) is 38.4. The van der Waals surface area contributed by atoms with Gasteiger partial charge in [-0.1, -0.05) is 258 Å². The van der Waals surface area contributed by atoms with Crippen LogP contribution in [0.25, 0.3) is 0 Å². The van der Waals surface area contributed by atoms with E-state index >= 15 is 0 Å². The molecule has 0 saturated heterocycles. The van der Waals surface area contributed by atoms with Crippen LogP contribution in [-0.4, -0.2) is 29.1 Å². The lowest BCUT2D eigenvalue weighted by Gasteiger charge is -2.33. The molecular weight excluding hydrogens is 617 g/mol. The van der Waals surface area contributed by atoms with Crippen LogP contribution in [0.5, 0.6) is 0 Å². The molecular formula is C49H98N2. The number of hydrogen-bond donors (Lipinski definition) is 0. The molecule has 0 aromatic rings. The minimum absolute atomic E-state index is 0.636. The fourth-order valence-electron chi connectivity index (χ4n) is 8.48. The monoisotopic (exact) mass is 715 g/mol. The molecule has 0 spiro atoms. The van der Waals surface area contributed by atoms with Crippen LogP contribution >= 0.6 is 0 Å². The zero-order valence-electron chi connectivity index (χ0n) is 36.0. The first-order valence-corrected chi connectivity index (χ1v) is 24.5. The smallest absolute Gasteiger partial charge is 0.101 e. The van der Waals surface area contributed by atoms with Crippen LogP contribution in [0.15, 0.2) is 12.4 Å². The van der Waals surface area contributed by atoms with Gasteiger partial charge in [-0.3, -0.25) is 0 Å². The predicted molar refractivity (Wildman–Crippen MR) is 233 cm³/mol. The largest absolute Gasteiger partial charge is 0.356 e. The van der Waals surface area contributed by atoms with Gasteiger partial charge in [0.05, 0.1) is 0 Å². The standard InChI is InChI=1S/C49H98N2/c1-4-7-10-13-16-19-21-23-25-26-27-28-30-32-35-38-41-44-49-50(45-42-39-36-33-18-15-12-9-6-3)47-48-51(49)46-43-40-37-34-31-29-24-22-20-17-14-11-8-5-2/h47-49H,4-46H2,1-3H3. The number of rotatable bonds is 43. The average Bonchev–Trinajstić information content (AvgIpc) is 3.53. The highest BCUT2D eigenvalue weighted by Gasteiger charge is 2.24. The Morgan fingerprint density at radius 2 is 0.451 bits per heavy atom. The van der Waals surface area contributed by atoms with Crippen LogP contribution in [0.4, 0.5) is 0 Å². The van der Waals surface area contributed by atoms with Gasteiger partial charge >= 0.3 is 0 Å². The minimum Gasteiger partial charge on any atom is -0.356 e. The Labute approximate surface area is 324 Å². The molecule has 1 aliphatic rings. The van der Waals surface area contributed by atoms with E-state index in [1.54, 1.807) is 0 Å². The lowest BCUT2D eigenvalue weighted by molar-refractivity contribution is 0.135. The molecule has 1 atom stereocenters. The topological polar surface area (TPSA) is 6.48 Å². The van der Waals surface area contributed by atoms with E-state index < -0.39 is 0 Å². The second-order valence-corrected chi connectivity index (χ2v) is 17.1. The first kappa shape index (κ1) is 48.4. The lowest BCUT2D eigenvalue weighted by atomic mass is 10.0. The van der Waals surface area contributed by atoms with Crippen molar-refractivity contribution in [2.24, 2.45) is 0 Å². The Hall–Kier alpha value is -0.660. The van der Waals surface area contributed by atoms with E-state index in [0.717, 1.165) is 0 Å². The summed E-state index contributed by atoms with van der Waals surface area (Å²) in [5.41, 5.74) is 0. The minimum atomic E-state index is 0.636. The van der Waals surface area contributed by atoms with E-state index in [4.69, 9.17) is 0 Å². The van der Waals surface area contributed by atoms with Crippen LogP contribution in [0, 0.1) is 0 Å². The van der Waals surface area contributed by atoms with Gasteiger partial charge in [0.1, 0.15) is 6.17 Å². The van der Waals surface area contributed by atoms with Gasteiger partial charge in [0.2, 0.25) is 0 Å². The molecule has 2 heteroatoms. The summed E-state index contributed by atoms with van der Waals surface area (Å²) in [4.78, 5) is 5.47. The molecule has 2 nitrogen and oxygen atoms in total. The third kappa shape index (κ3) is 32.5. The molecule has 0 N–H and O–H groups in total. The van der Waals surface area contributed by atoms with E-state index in [2.05, 4.69) is 43.0 Å². The van der Waals surface area contributed by atoms with Gasteiger partial charge in [-0.25, -0.2) is 0 Å². The third-order valence-corrected chi connectivity index (χ3v) is 12.1. The van der Waals surface area contributed by atoms with Crippen LogP contribution in [0.2, 0.25) is 0 Å². The Morgan fingerprint density at radius 3 is 0.686 bits per heavy atom. The average molecular weight is 715 g/mol. The Balaban J connectivity index is 2.17. The van der Waals surface area contributed by atoms with Crippen LogP contribution in [-0.2, 0) is 0 Å². The van der Waals surface area contributed by atoms with Gasteiger partial charge in [0.25, 0.3) is 0 Å². The van der Waals surface area contributed by atoms with Crippen molar-refractivity contribution in [1.82, 2.24) is 9.80 Å². The van der Waals surface area contributed by atoms with Crippen molar-refractivity contribution in [3.63, 3.8) is 0 Å². The summed E-state index contributed by atoms with van der Waals surface area (Å²) in [6, 6.07) is 0. The summed E-state index contributed by atoms with van der Waals surface area (Å²) < 4.78 is 0. The van der Waals surface area contributed by atoms with Crippen molar-refractivity contribution >= 4 is 0 Å². The van der Waals surface area contributed by atoms with Crippen molar-refractivity contribution in [3.05, 3.63) is 12.4 Å². The lowest BCUT2D eigenvalue weighted by Crippen LogP contribution is -2.39. The van der Waals surface area contributed by atoms with E-state index in [0.29, 0.717) is 6.17 Å². The number of hydrogen-bond acceptors (Lipinski definition) is 2. The Morgan fingerprint density at radius 1 is 0.255 bits per heavy atom. The molecule has 0 aliphatic carbocycles. The molecule has 1 aliphatic heterocycles. The molecule has 0 amide bonds. The van der Waals surface area contributed by atoms with E-state index in [-0.39, 0.29) is 0 Å². The van der Waals surface area contributed by atoms with Crippen molar-refractivity contribution in [2.75, 3.05) is 13.1 Å². The van der Waals surface area contributed by atoms with Gasteiger partial charge in [-0.2, -0.15) is 0 Å². The summed E-state index contributed by atoms with van der Waals surface area (Å²) in [6.07, 6.45) is 64.9. The maximum absolute atomic E-state index is 2.74. The molecule has 1 unspecified atom stereocenters. The maximum atomic E-state index is 2.74. The fraction of sp³-hybridized carbons (Fsp3) is 0.959. The summed E-state index contributed by atoms with van der Waals surface area (Å²) >= 11 is 0. The number of nitrogens with zero attached hydrogens (tertiary/aromatic N) is 2. The summed E-state index contributed by atoms with van der Waals surface area (Å²) in [5, 5.41) is 0. The highest BCUT2D eigenvalue weighted by Crippen LogP contribution is 2.24. The van der Waals surface area contributed by atoms with Gasteiger partial charge in [0, 0.05) is 25.5 Å². The second-order valence-electron chi connectivity index (χ2n) is 17.1. The predicted octanol–water partition coefficient (Wildman–Crippen LogP) is 17.5. The summed E-state index contributed by atoms with van der Waals surface area (Å²) in [5.74, 6) is 0. The van der Waals surface area contributed by atoms with E-state index in [1.165, 1.54) is 276 Å². The molecule has 0 bridgehead atoms. The fourth-order valence-corrected chi connectivity index (χ4v) is 8.48. The normalized spacial score (nSPS) is 14.5. The van der Waals surface area contributed by atoms with E-state index in [1.807, 2.05) is 0 Å². The van der Waals surface area contributed by atoms with Crippen molar-refractivity contribution in [2.45, 2.75) is 290 Å². The van der Waals surface area contributed by atoms with Crippen LogP contribution in [0.3, 0.4) is 0 Å². The molecule has 0 saturated carbocycles.